The fourth-order valence-corrected chi connectivity index (χ4v) is 3.85. The summed E-state index contributed by atoms with van der Waals surface area (Å²) in [6, 6.07) is 4.98. The third-order valence-corrected chi connectivity index (χ3v) is 5.43. The lowest BCUT2D eigenvalue weighted by atomic mass is 9.92. The predicted molar refractivity (Wildman–Crippen MR) is 78.6 cm³/mol. The van der Waals surface area contributed by atoms with Gasteiger partial charge in [0, 0.05) is 36.1 Å². The van der Waals surface area contributed by atoms with Crippen LogP contribution in [-0.2, 0) is 6.54 Å². The van der Waals surface area contributed by atoms with Gasteiger partial charge >= 0.3 is 0 Å². The van der Waals surface area contributed by atoms with Gasteiger partial charge in [-0.05, 0) is 48.3 Å². The summed E-state index contributed by atoms with van der Waals surface area (Å²) in [7, 11) is 0. The van der Waals surface area contributed by atoms with Gasteiger partial charge in [-0.25, -0.2) is 0 Å². The molecule has 2 unspecified atom stereocenters. The highest BCUT2D eigenvalue weighted by Crippen LogP contribution is 2.29. The molecule has 0 spiro atoms. The summed E-state index contributed by atoms with van der Waals surface area (Å²) in [5, 5.41) is 3.60. The van der Waals surface area contributed by atoms with Gasteiger partial charge in [0.2, 0.25) is 0 Å². The van der Waals surface area contributed by atoms with Crippen molar-refractivity contribution in [1.82, 2.24) is 10.2 Å². The zero-order valence-corrected chi connectivity index (χ0v) is 13.2. The second-order valence-electron chi connectivity index (χ2n) is 5.22. The van der Waals surface area contributed by atoms with E-state index in [0.29, 0.717) is 11.6 Å². The molecule has 0 aliphatic carbocycles. The maximum atomic E-state index is 3.60. The molecule has 1 aromatic heterocycles. The number of hydrogen-bond acceptors (Lipinski definition) is 3. The van der Waals surface area contributed by atoms with Crippen LogP contribution < -0.4 is 5.32 Å². The van der Waals surface area contributed by atoms with Crippen LogP contribution in [0.5, 0.6) is 0 Å². The molecule has 0 radical (unpaired) electrons. The Bertz CT molecular complexity index is 379. The second-order valence-corrected chi connectivity index (χ2v) is 7.77. The molecule has 1 aliphatic rings. The zero-order valence-electron chi connectivity index (χ0n) is 10.8. The highest BCUT2D eigenvalue weighted by Gasteiger charge is 2.34. The Morgan fingerprint density at radius 1 is 1.59 bits per heavy atom. The Balaban J connectivity index is 2.10. The minimum Gasteiger partial charge on any atom is -0.311 e. The largest absolute Gasteiger partial charge is 0.311 e. The van der Waals surface area contributed by atoms with Gasteiger partial charge in [-0.2, -0.15) is 0 Å². The summed E-state index contributed by atoms with van der Waals surface area (Å²) >= 11 is 5.39. The van der Waals surface area contributed by atoms with Gasteiger partial charge in [0.1, 0.15) is 0 Å². The molecule has 2 atom stereocenters. The van der Waals surface area contributed by atoms with Crippen molar-refractivity contribution in [2.24, 2.45) is 0 Å². The van der Waals surface area contributed by atoms with E-state index in [1.54, 1.807) is 0 Å². The maximum Gasteiger partial charge on any atom is 0.0701 e. The van der Waals surface area contributed by atoms with E-state index in [0.717, 1.165) is 19.6 Å². The lowest BCUT2D eigenvalue weighted by Crippen LogP contribution is -2.61. The average Bonchev–Trinajstić information content (AvgIpc) is 2.70. The summed E-state index contributed by atoms with van der Waals surface area (Å²) in [5.41, 5.74) is 0.295. The zero-order chi connectivity index (χ0) is 12.5. The van der Waals surface area contributed by atoms with Gasteiger partial charge in [-0.15, -0.1) is 11.3 Å². The van der Waals surface area contributed by atoms with Crippen LogP contribution in [0, 0.1) is 0 Å². The van der Waals surface area contributed by atoms with Crippen LogP contribution in [0.4, 0.5) is 0 Å². The van der Waals surface area contributed by atoms with Crippen molar-refractivity contribution in [1.29, 1.82) is 0 Å². The summed E-state index contributed by atoms with van der Waals surface area (Å²) < 4.78 is 1.23. The molecular weight excluding hydrogens is 296 g/mol. The van der Waals surface area contributed by atoms with Crippen molar-refractivity contribution in [2.45, 2.75) is 45.3 Å². The molecule has 1 fully saturated rings. The van der Waals surface area contributed by atoms with E-state index < -0.39 is 0 Å². The van der Waals surface area contributed by atoms with Gasteiger partial charge in [0.15, 0.2) is 0 Å². The summed E-state index contributed by atoms with van der Waals surface area (Å²) in [5.74, 6) is 0. The monoisotopic (exact) mass is 316 g/mol. The Labute approximate surface area is 117 Å². The number of thiophene rings is 1. The molecule has 2 rings (SSSR count). The molecule has 0 aromatic carbocycles. The number of hydrogen-bond donors (Lipinski definition) is 1. The van der Waals surface area contributed by atoms with Gasteiger partial charge < -0.3 is 5.32 Å². The SMILES string of the molecule is CCC1(C)CNC(C)CN1Cc1ccc(Br)s1. The van der Waals surface area contributed by atoms with E-state index in [1.807, 2.05) is 11.3 Å². The van der Waals surface area contributed by atoms with Crippen molar-refractivity contribution in [2.75, 3.05) is 13.1 Å². The lowest BCUT2D eigenvalue weighted by Gasteiger charge is -2.47. The van der Waals surface area contributed by atoms with Crippen LogP contribution in [0.3, 0.4) is 0 Å². The van der Waals surface area contributed by atoms with Crippen molar-refractivity contribution in [3.05, 3.63) is 20.8 Å². The van der Waals surface area contributed by atoms with E-state index in [4.69, 9.17) is 0 Å². The molecule has 1 aromatic rings. The van der Waals surface area contributed by atoms with Crippen LogP contribution in [0.25, 0.3) is 0 Å². The smallest absolute Gasteiger partial charge is 0.0701 e. The third kappa shape index (κ3) is 3.11. The molecular formula is C13H21BrN2S. The average molecular weight is 317 g/mol. The number of nitrogens with one attached hydrogen (secondary N) is 1. The molecule has 0 amide bonds. The minimum atomic E-state index is 0.295. The van der Waals surface area contributed by atoms with Crippen LogP contribution in [0.15, 0.2) is 15.9 Å². The highest BCUT2D eigenvalue weighted by molar-refractivity contribution is 9.11. The van der Waals surface area contributed by atoms with Crippen LogP contribution in [0.2, 0.25) is 0 Å². The minimum absolute atomic E-state index is 0.295. The van der Waals surface area contributed by atoms with E-state index in [2.05, 4.69) is 59.1 Å². The molecule has 0 bridgehead atoms. The molecule has 4 heteroatoms. The molecule has 1 saturated heterocycles. The maximum absolute atomic E-state index is 3.60. The lowest BCUT2D eigenvalue weighted by molar-refractivity contribution is 0.0462. The summed E-state index contributed by atoms with van der Waals surface area (Å²) in [6.07, 6.45) is 1.19. The van der Waals surface area contributed by atoms with E-state index in [1.165, 1.54) is 15.1 Å². The molecule has 1 N–H and O–H groups in total. The molecule has 17 heavy (non-hydrogen) atoms. The first kappa shape index (κ1) is 13.5. The quantitative estimate of drug-likeness (QED) is 0.918. The van der Waals surface area contributed by atoms with Gasteiger partial charge in [-0.3, -0.25) is 4.90 Å². The fourth-order valence-electron chi connectivity index (χ4n) is 2.35. The van der Waals surface area contributed by atoms with E-state index in [-0.39, 0.29) is 0 Å². The second kappa shape index (κ2) is 5.39. The van der Waals surface area contributed by atoms with Crippen molar-refractivity contribution < 1.29 is 0 Å². The Morgan fingerprint density at radius 3 is 2.94 bits per heavy atom. The standard InChI is InChI=1S/C13H21BrN2S/c1-4-13(3)9-15-10(2)7-16(13)8-11-5-6-12(14)17-11/h5-6,10,15H,4,7-9H2,1-3H3. The van der Waals surface area contributed by atoms with E-state index >= 15 is 0 Å². The number of nitrogens with zero attached hydrogens (tertiary/aromatic N) is 1. The van der Waals surface area contributed by atoms with Crippen LogP contribution >= 0.6 is 27.3 Å². The fraction of sp³-hybridized carbons (Fsp3) is 0.692. The van der Waals surface area contributed by atoms with Crippen molar-refractivity contribution in [3.8, 4) is 0 Å². The normalized spacial score (nSPS) is 30.7. The molecule has 0 saturated carbocycles. The molecule has 2 heterocycles. The molecule has 1 aliphatic heterocycles. The van der Waals surface area contributed by atoms with Crippen molar-refractivity contribution in [3.63, 3.8) is 0 Å². The van der Waals surface area contributed by atoms with Gasteiger partial charge in [0.05, 0.1) is 3.79 Å². The molecule has 2 nitrogen and oxygen atoms in total. The van der Waals surface area contributed by atoms with Crippen LogP contribution in [-0.4, -0.2) is 29.6 Å². The first-order valence-electron chi connectivity index (χ1n) is 6.26. The number of rotatable bonds is 3. The number of halogens is 1. The van der Waals surface area contributed by atoms with Gasteiger partial charge in [-0.1, -0.05) is 6.92 Å². The highest BCUT2D eigenvalue weighted by atomic mass is 79.9. The van der Waals surface area contributed by atoms with E-state index in [9.17, 15) is 0 Å². The summed E-state index contributed by atoms with van der Waals surface area (Å²) in [6.45, 7) is 10.2. The van der Waals surface area contributed by atoms with Crippen LogP contribution in [0.1, 0.15) is 32.1 Å². The van der Waals surface area contributed by atoms with Crippen molar-refractivity contribution >= 4 is 27.3 Å². The third-order valence-electron chi connectivity index (χ3n) is 3.83. The van der Waals surface area contributed by atoms with Gasteiger partial charge in [0.25, 0.3) is 0 Å². The molecule has 96 valence electrons. The number of piperazine rings is 1. The predicted octanol–water partition coefficient (Wildman–Crippen LogP) is 3.47. The first-order valence-corrected chi connectivity index (χ1v) is 7.87. The Morgan fingerprint density at radius 2 is 2.35 bits per heavy atom. The Hall–Kier alpha value is 0.1000. The Kier molecular flexibility index (Phi) is 4.29. The summed E-state index contributed by atoms with van der Waals surface area (Å²) in [4.78, 5) is 4.08. The topological polar surface area (TPSA) is 15.3 Å². The first-order chi connectivity index (χ1) is 8.03.